The lowest BCUT2D eigenvalue weighted by molar-refractivity contribution is 0.213. The normalized spacial score (nSPS) is 10.2. The minimum Gasteiger partial charge on any atom is -0.326 e. The van der Waals surface area contributed by atoms with Crippen LogP contribution in [0.2, 0.25) is 0 Å². The maximum absolute atomic E-state index is 12.1. The summed E-state index contributed by atoms with van der Waals surface area (Å²) in [5, 5.41) is 0. The van der Waals surface area contributed by atoms with Crippen molar-refractivity contribution in [1.82, 2.24) is 9.80 Å². The molecule has 0 unspecified atom stereocenters. The number of nitrogens with zero attached hydrogens (tertiary/aromatic N) is 3. The molecule has 0 bridgehead atoms. The Balaban J connectivity index is 2.71. The van der Waals surface area contributed by atoms with Crippen molar-refractivity contribution in [3.8, 4) is 0 Å². The van der Waals surface area contributed by atoms with Gasteiger partial charge in [-0.15, -0.1) is 0 Å². The zero-order valence-corrected chi connectivity index (χ0v) is 11.0. The van der Waals surface area contributed by atoms with Gasteiger partial charge in [0.1, 0.15) is 0 Å². The lowest BCUT2D eigenvalue weighted by Crippen LogP contribution is -2.43. The first-order chi connectivity index (χ1) is 8.56. The first kappa shape index (κ1) is 14.2. The number of benzene rings is 1. The van der Waals surface area contributed by atoms with Crippen molar-refractivity contribution >= 4 is 18.1 Å². The number of para-hydroxylation sites is 1. The van der Waals surface area contributed by atoms with Gasteiger partial charge in [0.25, 0.3) is 0 Å². The fourth-order valence-electron chi connectivity index (χ4n) is 1.40. The number of urea groups is 1. The Morgan fingerprint density at radius 1 is 1.11 bits per heavy atom. The van der Waals surface area contributed by atoms with Crippen LogP contribution in [0.15, 0.2) is 30.3 Å². The smallest absolute Gasteiger partial charge is 0.326 e. The Kier molecular flexibility index (Phi) is 5.32. The Morgan fingerprint density at radius 3 is 2.22 bits per heavy atom. The van der Waals surface area contributed by atoms with Gasteiger partial charge in [0.2, 0.25) is 0 Å². The molecule has 0 spiro atoms. The van der Waals surface area contributed by atoms with Crippen LogP contribution in [0, 0.1) is 0 Å². The Bertz CT molecular complexity index is 392. The highest BCUT2D eigenvalue weighted by molar-refractivity contribution is 6.06. The predicted octanol–water partition coefficient (Wildman–Crippen LogP) is 1.17. The highest BCUT2D eigenvalue weighted by Gasteiger charge is 2.19. The molecule has 5 nitrogen and oxygen atoms in total. The molecule has 5 heteroatoms. The van der Waals surface area contributed by atoms with Gasteiger partial charge < -0.3 is 9.80 Å². The van der Waals surface area contributed by atoms with Gasteiger partial charge in [0, 0.05) is 20.1 Å². The van der Waals surface area contributed by atoms with Crippen LogP contribution in [0.3, 0.4) is 0 Å². The summed E-state index contributed by atoms with van der Waals surface area (Å²) < 4.78 is 0. The van der Waals surface area contributed by atoms with Crippen LogP contribution >= 0.6 is 0 Å². The quantitative estimate of drug-likeness (QED) is 0.735. The van der Waals surface area contributed by atoms with Crippen LogP contribution in [-0.2, 0) is 4.79 Å². The van der Waals surface area contributed by atoms with Gasteiger partial charge in [0.05, 0.1) is 5.69 Å². The third-order valence-electron chi connectivity index (χ3n) is 2.51. The molecule has 1 aromatic rings. The molecule has 1 rings (SSSR count). The van der Waals surface area contributed by atoms with Gasteiger partial charge in [-0.05, 0) is 26.2 Å². The van der Waals surface area contributed by atoms with Crippen LogP contribution in [0.4, 0.5) is 10.5 Å². The van der Waals surface area contributed by atoms with E-state index in [-0.39, 0.29) is 6.03 Å². The van der Waals surface area contributed by atoms with E-state index < -0.39 is 0 Å². The summed E-state index contributed by atoms with van der Waals surface area (Å²) >= 11 is 0. The fraction of sp³-hybridized carbons (Fsp3) is 0.385. The molecule has 0 aliphatic rings. The molecule has 0 atom stereocenters. The summed E-state index contributed by atoms with van der Waals surface area (Å²) in [6.07, 6.45) is 1.67. The lowest BCUT2D eigenvalue weighted by Gasteiger charge is -2.24. The monoisotopic (exact) mass is 248 g/mol. The van der Waals surface area contributed by atoms with Gasteiger partial charge in [-0.3, -0.25) is 4.79 Å². The number of imide groups is 1. The van der Waals surface area contributed by atoms with Gasteiger partial charge >= 0.3 is 12.4 Å². The van der Waals surface area contributed by atoms with Crippen LogP contribution in [0.25, 0.3) is 0 Å². The first-order valence-corrected chi connectivity index (χ1v) is 5.69. The van der Waals surface area contributed by atoms with Crippen LogP contribution in [-0.4, -0.2) is 56.5 Å². The number of rotatable bonds is 5. The molecule has 0 aliphatic heterocycles. The molecule has 0 saturated carbocycles. The summed E-state index contributed by atoms with van der Waals surface area (Å²) in [4.78, 5) is 27.4. The number of anilines is 1. The molecule has 0 aliphatic carbocycles. The van der Waals surface area contributed by atoms with Gasteiger partial charge in [-0.25, -0.2) is 9.69 Å². The minimum absolute atomic E-state index is 0.377. The van der Waals surface area contributed by atoms with Crippen molar-refractivity contribution in [2.45, 2.75) is 0 Å². The van der Waals surface area contributed by atoms with Crippen LogP contribution in [0.1, 0.15) is 0 Å². The molecule has 0 saturated heterocycles. The van der Waals surface area contributed by atoms with Crippen LogP contribution in [0.5, 0.6) is 0 Å². The average molecular weight is 248 g/mol. The maximum atomic E-state index is 12.1. The van der Waals surface area contributed by atoms with Crippen molar-refractivity contribution in [2.24, 2.45) is 0 Å². The van der Waals surface area contributed by atoms with E-state index in [1.807, 2.05) is 25.1 Å². The van der Waals surface area contributed by atoms with E-state index >= 15 is 0 Å². The van der Waals surface area contributed by atoms with Crippen molar-refractivity contribution in [1.29, 1.82) is 0 Å². The van der Waals surface area contributed by atoms with Crippen molar-refractivity contribution in [3.05, 3.63) is 30.3 Å². The fourth-order valence-corrected chi connectivity index (χ4v) is 1.40. The number of amides is 3. The third-order valence-corrected chi connectivity index (χ3v) is 2.51. The summed E-state index contributed by atoms with van der Waals surface area (Å²) in [6, 6.07) is 8.38. The standard InChI is InChI=1S/C13H18N3O2/c1-14(2)9-10-15(3)13(18)16(11-17)12-7-5-4-6-8-12/h4-8H,9-10H2,1-3H3. The number of carbonyl (C=O) groups excluding carboxylic acids is 2. The lowest BCUT2D eigenvalue weighted by atomic mass is 10.3. The van der Waals surface area contributed by atoms with E-state index in [9.17, 15) is 9.59 Å². The van der Waals surface area contributed by atoms with Gasteiger partial charge in [0.15, 0.2) is 0 Å². The molecule has 0 aromatic heterocycles. The molecule has 0 heterocycles. The molecular weight excluding hydrogens is 230 g/mol. The topological polar surface area (TPSA) is 43.9 Å². The second-order valence-corrected chi connectivity index (χ2v) is 4.27. The summed E-state index contributed by atoms with van der Waals surface area (Å²) in [5.74, 6) is 0. The molecular formula is C13H18N3O2. The summed E-state index contributed by atoms with van der Waals surface area (Å²) in [7, 11) is 5.53. The highest BCUT2D eigenvalue weighted by Crippen LogP contribution is 2.12. The number of hydrogen-bond acceptors (Lipinski definition) is 3. The molecule has 3 amide bonds. The van der Waals surface area contributed by atoms with Crippen molar-refractivity contribution < 1.29 is 9.59 Å². The third kappa shape index (κ3) is 3.85. The predicted molar refractivity (Wildman–Crippen MR) is 71.2 cm³/mol. The zero-order chi connectivity index (χ0) is 13.5. The van der Waals surface area contributed by atoms with E-state index in [1.54, 1.807) is 37.7 Å². The van der Waals surface area contributed by atoms with E-state index in [2.05, 4.69) is 0 Å². The van der Waals surface area contributed by atoms with Crippen molar-refractivity contribution in [2.75, 3.05) is 39.1 Å². The zero-order valence-electron chi connectivity index (χ0n) is 11.0. The number of hydrogen-bond donors (Lipinski definition) is 0. The molecule has 97 valence electrons. The first-order valence-electron chi connectivity index (χ1n) is 5.69. The van der Waals surface area contributed by atoms with Gasteiger partial charge in [-0.2, -0.15) is 0 Å². The molecule has 1 aromatic carbocycles. The highest BCUT2D eigenvalue weighted by atomic mass is 16.2. The van der Waals surface area contributed by atoms with E-state index in [1.165, 1.54) is 4.90 Å². The van der Waals surface area contributed by atoms with E-state index in [0.717, 1.165) is 11.4 Å². The number of likely N-dealkylation sites (N-methyl/N-ethyl adjacent to an activating group) is 2. The molecule has 0 N–H and O–H groups in total. The van der Waals surface area contributed by atoms with Crippen LogP contribution < -0.4 is 4.90 Å². The maximum Gasteiger partial charge on any atom is 0.331 e. The van der Waals surface area contributed by atoms with E-state index in [0.29, 0.717) is 12.2 Å². The average Bonchev–Trinajstić information content (AvgIpc) is 2.38. The Morgan fingerprint density at radius 2 is 1.72 bits per heavy atom. The summed E-state index contributed by atoms with van der Waals surface area (Å²) in [5.41, 5.74) is 0.522. The van der Waals surface area contributed by atoms with Crippen molar-refractivity contribution in [3.63, 3.8) is 0 Å². The Labute approximate surface area is 108 Å². The SMILES string of the molecule is CN(C)CCN(C)C(=O)N([C]=O)c1ccccc1. The molecule has 0 fully saturated rings. The molecule has 1 radical (unpaired) electrons. The van der Waals surface area contributed by atoms with Gasteiger partial charge in [-0.1, -0.05) is 18.2 Å². The summed E-state index contributed by atoms with van der Waals surface area (Å²) in [6.45, 7) is 1.29. The molecule has 18 heavy (non-hydrogen) atoms. The van der Waals surface area contributed by atoms with E-state index in [4.69, 9.17) is 0 Å². The number of carbonyl (C=O) groups is 1. The second kappa shape index (κ2) is 6.76. The Hall–Kier alpha value is -1.88. The minimum atomic E-state index is -0.377. The second-order valence-electron chi connectivity index (χ2n) is 4.27. The largest absolute Gasteiger partial charge is 0.331 e.